The van der Waals surface area contributed by atoms with E-state index in [0.717, 1.165) is 25.7 Å². The van der Waals surface area contributed by atoms with Crippen molar-refractivity contribution in [1.29, 1.82) is 0 Å². The second kappa shape index (κ2) is 18.3. The maximum atomic E-state index is 13.5. The van der Waals surface area contributed by atoms with Crippen LogP contribution in [0.4, 0.5) is 0 Å². The van der Waals surface area contributed by atoms with Crippen LogP contribution in [-0.4, -0.2) is 83.0 Å². The maximum Gasteiger partial charge on any atom is 0.319 e. The van der Waals surface area contributed by atoms with Crippen LogP contribution in [0.1, 0.15) is 126 Å². The van der Waals surface area contributed by atoms with Crippen LogP contribution in [0, 0.1) is 0 Å². The van der Waals surface area contributed by atoms with E-state index in [1.54, 1.807) is 0 Å². The molecular weight excluding hydrogens is 655 g/mol. The zero-order chi connectivity index (χ0) is 35.5. The zero-order valence-electron chi connectivity index (χ0n) is 29.3. The van der Waals surface area contributed by atoms with E-state index in [1.807, 2.05) is 27.7 Å². The van der Waals surface area contributed by atoms with Gasteiger partial charge < -0.3 is 39.1 Å². The summed E-state index contributed by atoms with van der Waals surface area (Å²) in [5, 5.41) is 5.38. The largest absolute Gasteiger partial charge is 0.436 e. The van der Waals surface area contributed by atoms with E-state index in [4.69, 9.17) is 51.6 Å². The van der Waals surface area contributed by atoms with Gasteiger partial charge in [-0.3, -0.25) is 19.2 Å². The van der Waals surface area contributed by atoms with Gasteiger partial charge in [0.1, 0.15) is 18.6 Å². The van der Waals surface area contributed by atoms with Crippen molar-refractivity contribution in [3.8, 4) is 0 Å². The zero-order valence-corrected chi connectivity index (χ0v) is 30.9. The lowest BCUT2D eigenvalue weighted by Gasteiger charge is -2.46. The highest BCUT2D eigenvalue weighted by Crippen LogP contribution is 2.40. The molecule has 272 valence electrons. The van der Waals surface area contributed by atoms with Crippen molar-refractivity contribution in [3.05, 3.63) is 0 Å². The Kier molecular flexibility index (Phi) is 16.2. The summed E-state index contributed by atoms with van der Waals surface area (Å²) < 4.78 is 36.0. The fraction of sp³-hybridized carbons (Fsp3) is 0.879. The molecule has 2 N–H and O–H groups in total. The molecule has 0 spiro atoms. The number of hydrogen-bond acceptors (Lipinski definition) is 10. The number of ether oxygens (including phenoxy) is 6. The van der Waals surface area contributed by atoms with Crippen molar-refractivity contribution in [2.45, 2.75) is 172 Å². The first kappa shape index (κ1) is 41.5. The SMILES string of the molecule is CCC(Cl)(CC)[C@@H](OC1CCCCO1)C(C)(NC(C)=O)OC(=O)CC(=O)OC(C)(NC(C)=O)[C@H](OC1CCCCO1)C(Cl)(CC)CC. The number of hydrogen-bond donors (Lipinski definition) is 2. The first-order valence-electron chi connectivity index (χ1n) is 16.9. The Morgan fingerprint density at radius 1 is 0.681 bits per heavy atom. The number of carbonyl (C=O) groups excluding carboxylic acids is 4. The van der Waals surface area contributed by atoms with Crippen LogP contribution < -0.4 is 10.6 Å². The molecule has 2 aliphatic rings. The van der Waals surface area contributed by atoms with Gasteiger partial charge in [-0.05, 0) is 78.1 Å². The molecule has 0 aromatic heterocycles. The van der Waals surface area contributed by atoms with E-state index in [0.29, 0.717) is 51.7 Å². The van der Waals surface area contributed by atoms with Crippen LogP contribution in [0.5, 0.6) is 0 Å². The van der Waals surface area contributed by atoms with Crippen molar-refractivity contribution in [1.82, 2.24) is 10.6 Å². The first-order valence-corrected chi connectivity index (χ1v) is 17.7. The van der Waals surface area contributed by atoms with Crippen molar-refractivity contribution in [2.75, 3.05) is 13.2 Å². The highest BCUT2D eigenvalue weighted by atomic mass is 35.5. The molecule has 4 unspecified atom stereocenters. The second-order valence-electron chi connectivity index (χ2n) is 12.8. The highest BCUT2D eigenvalue weighted by molar-refractivity contribution is 6.24. The quantitative estimate of drug-likeness (QED) is 0.0799. The van der Waals surface area contributed by atoms with Crippen LogP contribution in [0.25, 0.3) is 0 Å². The van der Waals surface area contributed by atoms with E-state index in [1.165, 1.54) is 27.7 Å². The normalized spacial score (nSPS) is 22.9. The monoisotopic (exact) mass is 710 g/mol. The number of esters is 2. The van der Waals surface area contributed by atoms with Crippen LogP contribution in [0.15, 0.2) is 0 Å². The molecule has 14 heteroatoms. The van der Waals surface area contributed by atoms with Crippen LogP contribution >= 0.6 is 23.2 Å². The summed E-state index contributed by atoms with van der Waals surface area (Å²) in [7, 11) is 0. The smallest absolute Gasteiger partial charge is 0.319 e. The van der Waals surface area contributed by atoms with E-state index >= 15 is 0 Å². The molecular formula is C33H56Cl2N2O10. The molecule has 0 bridgehead atoms. The van der Waals surface area contributed by atoms with E-state index < -0.39 is 76.2 Å². The molecule has 2 aliphatic heterocycles. The topological polar surface area (TPSA) is 148 Å². The second-order valence-corrected chi connectivity index (χ2v) is 14.3. The third kappa shape index (κ3) is 11.7. The molecule has 12 nitrogen and oxygen atoms in total. The van der Waals surface area contributed by atoms with Gasteiger partial charge in [-0.2, -0.15) is 0 Å². The van der Waals surface area contributed by atoms with Crippen molar-refractivity contribution >= 4 is 47.0 Å². The predicted molar refractivity (Wildman–Crippen MR) is 177 cm³/mol. The molecule has 0 aliphatic carbocycles. The fourth-order valence-electron chi connectivity index (χ4n) is 6.32. The molecule has 0 aromatic carbocycles. The predicted octanol–water partition coefficient (Wildman–Crippen LogP) is 5.59. The van der Waals surface area contributed by atoms with Gasteiger partial charge in [-0.25, -0.2) is 0 Å². The van der Waals surface area contributed by atoms with E-state index in [9.17, 15) is 19.2 Å². The summed E-state index contributed by atoms with van der Waals surface area (Å²) in [6, 6.07) is 0. The molecule has 6 atom stereocenters. The molecule has 0 saturated carbocycles. The Bertz CT molecular complexity index is 964. The minimum atomic E-state index is -1.79. The van der Waals surface area contributed by atoms with Gasteiger partial charge in [0.2, 0.25) is 23.3 Å². The maximum absolute atomic E-state index is 13.5. The highest BCUT2D eigenvalue weighted by Gasteiger charge is 2.54. The summed E-state index contributed by atoms with van der Waals surface area (Å²) in [4.78, 5) is 49.7. The number of rotatable bonds is 18. The Labute approximate surface area is 289 Å². The molecule has 2 heterocycles. The Morgan fingerprint density at radius 3 is 1.28 bits per heavy atom. The summed E-state index contributed by atoms with van der Waals surface area (Å²) in [6.07, 6.45) is 2.12. The number of halogens is 2. The lowest BCUT2D eigenvalue weighted by atomic mass is 9.87. The molecule has 2 amide bonds. The van der Waals surface area contributed by atoms with Crippen LogP contribution in [0.2, 0.25) is 0 Å². The van der Waals surface area contributed by atoms with Gasteiger partial charge in [0.25, 0.3) is 0 Å². The molecule has 0 aromatic rings. The lowest BCUT2D eigenvalue weighted by Crippen LogP contribution is -2.65. The van der Waals surface area contributed by atoms with Crippen molar-refractivity contribution in [2.24, 2.45) is 0 Å². The summed E-state index contributed by atoms with van der Waals surface area (Å²) >= 11 is 14.2. The van der Waals surface area contributed by atoms with Gasteiger partial charge in [0, 0.05) is 27.1 Å². The van der Waals surface area contributed by atoms with Gasteiger partial charge in [-0.15, -0.1) is 23.2 Å². The number of alkyl halides is 2. The number of amides is 2. The van der Waals surface area contributed by atoms with Crippen molar-refractivity contribution in [3.63, 3.8) is 0 Å². The lowest BCUT2D eigenvalue weighted by molar-refractivity contribution is -0.250. The Balaban J connectivity index is 2.38. The summed E-state index contributed by atoms with van der Waals surface area (Å²) in [5.41, 5.74) is -3.59. The van der Waals surface area contributed by atoms with E-state index in [-0.39, 0.29) is 0 Å². The standard InChI is InChI=1S/C33H56Cl2N2O10/c1-9-32(34,10-2)28(44-26-17-13-15-19-42-26)30(7,36-22(5)38)46-24(40)21-25(41)47-31(8,37-23(6)39)29(33(35,11-3)12-4)45-27-18-14-16-20-43-27/h26-29H,9-21H2,1-8H3,(H,36,38)(H,37,39)/t26?,27?,28-,29-,30?,31?/m0/s1. The molecule has 2 rings (SSSR count). The van der Waals surface area contributed by atoms with Crippen LogP contribution in [-0.2, 0) is 47.6 Å². The van der Waals surface area contributed by atoms with Gasteiger partial charge in [0.15, 0.2) is 12.6 Å². The van der Waals surface area contributed by atoms with E-state index in [2.05, 4.69) is 10.6 Å². The minimum absolute atomic E-state index is 0.410. The molecule has 2 fully saturated rings. The van der Waals surface area contributed by atoms with Crippen molar-refractivity contribution < 1.29 is 47.6 Å². The Hall–Kier alpha value is -1.70. The molecule has 47 heavy (non-hydrogen) atoms. The van der Waals surface area contributed by atoms with Gasteiger partial charge in [-0.1, -0.05) is 27.7 Å². The first-order chi connectivity index (χ1) is 22.0. The average molecular weight is 712 g/mol. The molecule has 0 radical (unpaired) electrons. The van der Waals surface area contributed by atoms with Gasteiger partial charge in [0.05, 0.1) is 9.75 Å². The summed E-state index contributed by atoms with van der Waals surface area (Å²) in [6.45, 7) is 14.0. The average Bonchev–Trinajstić information content (AvgIpc) is 3.01. The van der Waals surface area contributed by atoms with Crippen LogP contribution in [0.3, 0.4) is 0 Å². The summed E-state index contributed by atoms with van der Waals surface area (Å²) in [5.74, 6) is -3.05. The number of carbonyl (C=O) groups is 4. The fourth-order valence-corrected chi connectivity index (χ4v) is 6.84. The number of nitrogens with one attached hydrogen (secondary N) is 2. The third-order valence-electron chi connectivity index (χ3n) is 8.93. The minimum Gasteiger partial charge on any atom is -0.436 e. The Morgan fingerprint density at radius 2 is 1.02 bits per heavy atom. The third-order valence-corrected chi connectivity index (χ3v) is 10.4. The molecule has 2 saturated heterocycles. The van der Waals surface area contributed by atoms with Gasteiger partial charge >= 0.3 is 11.9 Å².